The fraction of sp³-hybridized carbons (Fsp3) is 0.455. The molecule has 0 radical (unpaired) electrons. The van der Waals surface area contributed by atoms with E-state index in [-0.39, 0.29) is 18.1 Å². The second kappa shape index (κ2) is 5.67. The number of hydrogen-bond acceptors (Lipinski definition) is 4. The zero-order valence-corrected chi connectivity index (χ0v) is 9.06. The van der Waals surface area contributed by atoms with Gasteiger partial charge >= 0.3 is 0 Å². The summed E-state index contributed by atoms with van der Waals surface area (Å²) in [5.74, 6) is 0.0592. The first-order valence-corrected chi connectivity index (χ1v) is 5.01. The summed E-state index contributed by atoms with van der Waals surface area (Å²) in [5, 5.41) is 19.2. The van der Waals surface area contributed by atoms with E-state index in [1.807, 2.05) is 0 Å². The van der Waals surface area contributed by atoms with Gasteiger partial charge in [0.2, 0.25) is 0 Å². The van der Waals surface area contributed by atoms with Crippen molar-refractivity contribution in [2.45, 2.75) is 19.1 Å². The van der Waals surface area contributed by atoms with Gasteiger partial charge < -0.3 is 20.7 Å². The van der Waals surface area contributed by atoms with E-state index < -0.39 is 18.8 Å². The third-order valence-corrected chi connectivity index (χ3v) is 2.16. The Labute approximate surface area is 93.5 Å². The number of aliphatic hydroxyl groups excluding tert-OH is 1. The topological polar surface area (TPSA) is 75.7 Å². The Kier molecular flexibility index (Phi) is 4.52. The van der Waals surface area contributed by atoms with Gasteiger partial charge in [0, 0.05) is 6.04 Å². The molecule has 0 aromatic heterocycles. The Morgan fingerprint density at radius 3 is 2.69 bits per heavy atom. The molecule has 0 amide bonds. The molecule has 0 saturated carbocycles. The van der Waals surface area contributed by atoms with Crippen molar-refractivity contribution in [1.82, 2.24) is 0 Å². The first kappa shape index (κ1) is 12.7. The van der Waals surface area contributed by atoms with Gasteiger partial charge in [0.05, 0.1) is 6.10 Å². The minimum absolute atomic E-state index is 0.108. The van der Waals surface area contributed by atoms with Crippen LogP contribution in [0.25, 0.3) is 0 Å². The molecule has 0 spiro atoms. The molecular formula is C11H16FNO3. The Morgan fingerprint density at radius 2 is 2.19 bits per heavy atom. The van der Waals surface area contributed by atoms with Gasteiger partial charge in [-0.05, 0) is 24.6 Å². The smallest absolute Gasteiger partial charge is 0.161 e. The van der Waals surface area contributed by atoms with Gasteiger partial charge in [-0.3, -0.25) is 0 Å². The third-order valence-electron chi connectivity index (χ3n) is 2.16. The summed E-state index contributed by atoms with van der Waals surface area (Å²) in [6, 6.07) is 3.99. The highest BCUT2D eigenvalue weighted by Crippen LogP contribution is 2.29. The van der Waals surface area contributed by atoms with Crippen LogP contribution in [0, 0.1) is 0 Å². The van der Waals surface area contributed by atoms with E-state index in [1.165, 1.54) is 12.1 Å². The van der Waals surface area contributed by atoms with Crippen LogP contribution >= 0.6 is 0 Å². The lowest BCUT2D eigenvalue weighted by Crippen LogP contribution is -2.24. The number of hydrogen-bond donors (Lipinski definition) is 3. The summed E-state index contributed by atoms with van der Waals surface area (Å²) in [4.78, 5) is 0. The van der Waals surface area contributed by atoms with Crippen LogP contribution in [-0.2, 0) is 0 Å². The van der Waals surface area contributed by atoms with Crippen LogP contribution in [0.5, 0.6) is 11.5 Å². The normalized spacial score (nSPS) is 14.5. The maximum Gasteiger partial charge on any atom is 0.161 e. The van der Waals surface area contributed by atoms with Gasteiger partial charge in [-0.1, -0.05) is 6.07 Å². The average Bonchev–Trinajstić information content (AvgIpc) is 2.26. The van der Waals surface area contributed by atoms with Gasteiger partial charge in [0.15, 0.2) is 11.5 Å². The predicted octanol–water partition coefficient (Wildman–Crippen LogP) is 1.12. The molecule has 0 fully saturated rings. The van der Waals surface area contributed by atoms with Crippen LogP contribution in [0.4, 0.5) is 4.39 Å². The van der Waals surface area contributed by atoms with Crippen molar-refractivity contribution in [1.29, 1.82) is 0 Å². The highest BCUT2D eigenvalue weighted by atomic mass is 19.1. The Bertz CT molecular complexity index is 344. The summed E-state index contributed by atoms with van der Waals surface area (Å²) < 4.78 is 16.8. The van der Waals surface area contributed by atoms with Crippen LogP contribution in [0.2, 0.25) is 0 Å². The second-order valence-corrected chi connectivity index (χ2v) is 3.57. The number of alkyl halides is 1. The maximum atomic E-state index is 11.9. The highest BCUT2D eigenvalue weighted by Gasteiger charge is 2.14. The molecule has 1 rings (SSSR count). The minimum Gasteiger partial charge on any atom is -0.504 e. The van der Waals surface area contributed by atoms with E-state index in [0.29, 0.717) is 5.56 Å². The Morgan fingerprint density at radius 1 is 1.50 bits per heavy atom. The van der Waals surface area contributed by atoms with Crippen molar-refractivity contribution in [3.8, 4) is 11.5 Å². The lowest BCUT2D eigenvalue weighted by molar-refractivity contribution is 0.153. The molecular weight excluding hydrogens is 213 g/mol. The zero-order valence-electron chi connectivity index (χ0n) is 9.06. The van der Waals surface area contributed by atoms with Crippen LogP contribution in [0.3, 0.4) is 0 Å². The number of phenols is 1. The van der Waals surface area contributed by atoms with E-state index in [4.69, 9.17) is 10.5 Å². The van der Waals surface area contributed by atoms with E-state index in [2.05, 4.69) is 0 Å². The van der Waals surface area contributed by atoms with Crippen LogP contribution in [-0.4, -0.2) is 29.5 Å². The third kappa shape index (κ3) is 3.08. The van der Waals surface area contributed by atoms with Gasteiger partial charge in [-0.15, -0.1) is 0 Å². The van der Waals surface area contributed by atoms with Crippen molar-refractivity contribution in [2.75, 3.05) is 13.3 Å². The minimum atomic E-state index is -0.846. The number of benzene rings is 1. The van der Waals surface area contributed by atoms with Crippen LogP contribution < -0.4 is 10.5 Å². The second-order valence-electron chi connectivity index (χ2n) is 3.57. The van der Waals surface area contributed by atoms with Gasteiger partial charge in [0.1, 0.15) is 13.3 Å². The lowest BCUT2D eigenvalue weighted by atomic mass is 10.0. The zero-order chi connectivity index (χ0) is 12.1. The van der Waals surface area contributed by atoms with Gasteiger partial charge in [-0.25, -0.2) is 4.39 Å². The van der Waals surface area contributed by atoms with E-state index >= 15 is 0 Å². The number of ether oxygens (including phenoxy) is 1. The molecule has 5 heteroatoms. The van der Waals surface area contributed by atoms with E-state index in [9.17, 15) is 14.6 Å². The van der Waals surface area contributed by atoms with Gasteiger partial charge in [-0.2, -0.15) is 0 Å². The SMILES string of the molecule is C[C@H](N)[C@H](O)c1ccc(OCCF)c(O)c1. The average molecular weight is 229 g/mol. The molecule has 16 heavy (non-hydrogen) atoms. The fourth-order valence-corrected chi connectivity index (χ4v) is 1.29. The summed E-state index contributed by atoms with van der Waals surface area (Å²) in [7, 11) is 0. The number of nitrogens with two attached hydrogens (primary N) is 1. The molecule has 4 nitrogen and oxygen atoms in total. The molecule has 1 aromatic carbocycles. The number of phenolic OH excluding ortho intramolecular Hbond substituents is 1. The first-order valence-electron chi connectivity index (χ1n) is 5.01. The number of rotatable bonds is 5. The number of aromatic hydroxyl groups is 1. The largest absolute Gasteiger partial charge is 0.504 e. The first-order chi connectivity index (χ1) is 7.56. The molecule has 0 unspecified atom stereocenters. The molecule has 0 saturated heterocycles. The molecule has 2 atom stereocenters. The molecule has 0 aliphatic rings. The van der Waals surface area contributed by atoms with E-state index in [0.717, 1.165) is 0 Å². The summed E-state index contributed by atoms with van der Waals surface area (Å²) >= 11 is 0. The Hall–Kier alpha value is -1.33. The maximum absolute atomic E-state index is 11.9. The number of halogens is 1. The molecule has 90 valence electrons. The van der Waals surface area contributed by atoms with Crippen molar-refractivity contribution in [3.63, 3.8) is 0 Å². The van der Waals surface area contributed by atoms with Gasteiger partial charge in [0.25, 0.3) is 0 Å². The molecule has 0 heterocycles. The lowest BCUT2D eigenvalue weighted by Gasteiger charge is -2.16. The van der Waals surface area contributed by atoms with Crippen molar-refractivity contribution in [2.24, 2.45) is 5.73 Å². The molecule has 0 aliphatic carbocycles. The summed E-state index contributed by atoms with van der Waals surface area (Å²) in [6.45, 7) is 0.932. The summed E-state index contributed by atoms with van der Waals surface area (Å²) in [6.07, 6.45) is -0.846. The van der Waals surface area contributed by atoms with Crippen LogP contribution in [0.1, 0.15) is 18.6 Å². The molecule has 4 N–H and O–H groups in total. The van der Waals surface area contributed by atoms with E-state index in [1.54, 1.807) is 13.0 Å². The standard InChI is InChI=1S/C11H16FNO3/c1-7(13)11(15)8-2-3-10(9(14)6-8)16-5-4-12/h2-3,6-7,11,14-15H,4-5,13H2,1H3/t7-,11-/m0/s1. The van der Waals surface area contributed by atoms with Crippen molar-refractivity contribution in [3.05, 3.63) is 23.8 Å². The number of aliphatic hydroxyl groups is 1. The van der Waals surface area contributed by atoms with Crippen molar-refractivity contribution >= 4 is 0 Å². The fourth-order valence-electron chi connectivity index (χ4n) is 1.29. The predicted molar refractivity (Wildman–Crippen MR) is 58.2 cm³/mol. The molecule has 0 bridgehead atoms. The monoisotopic (exact) mass is 229 g/mol. The van der Waals surface area contributed by atoms with Crippen molar-refractivity contribution < 1.29 is 19.3 Å². The highest BCUT2D eigenvalue weighted by molar-refractivity contribution is 5.42. The van der Waals surface area contributed by atoms with Crippen LogP contribution in [0.15, 0.2) is 18.2 Å². The Balaban J connectivity index is 2.82. The molecule has 0 aliphatic heterocycles. The molecule has 1 aromatic rings. The quantitative estimate of drug-likeness (QED) is 0.707. The summed E-state index contributed by atoms with van der Waals surface area (Å²) in [5.41, 5.74) is 6.02.